The van der Waals surface area contributed by atoms with Gasteiger partial charge in [0.25, 0.3) is 0 Å². The summed E-state index contributed by atoms with van der Waals surface area (Å²) in [6.45, 7) is 4.50. The highest BCUT2D eigenvalue weighted by molar-refractivity contribution is 5.18. The minimum absolute atomic E-state index is 0.289. The molecule has 1 unspecified atom stereocenters. The van der Waals surface area contributed by atoms with Crippen molar-refractivity contribution in [1.29, 1.82) is 0 Å². The molecule has 0 spiro atoms. The quantitative estimate of drug-likeness (QED) is 0.717. The zero-order chi connectivity index (χ0) is 9.68. The summed E-state index contributed by atoms with van der Waals surface area (Å²) in [5.74, 6) is 0.464. The van der Waals surface area contributed by atoms with Gasteiger partial charge in [-0.25, -0.2) is 0 Å². The molecule has 0 aliphatic carbocycles. The molecule has 13 heavy (non-hydrogen) atoms. The van der Waals surface area contributed by atoms with Gasteiger partial charge in [-0.2, -0.15) is 0 Å². The number of nitrogens with one attached hydrogen (secondary N) is 1. The lowest BCUT2D eigenvalue weighted by atomic mass is 10.2. The van der Waals surface area contributed by atoms with Gasteiger partial charge in [-0.15, -0.1) is 5.10 Å². The van der Waals surface area contributed by atoms with Crippen LogP contribution in [0.4, 0.5) is 6.01 Å². The zero-order valence-electron chi connectivity index (χ0n) is 8.08. The zero-order valence-corrected chi connectivity index (χ0v) is 8.08. The highest BCUT2D eigenvalue weighted by atomic mass is 16.4. The van der Waals surface area contributed by atoms with Crippen LogP contribution in [0.5, 0.6) is 0 Å². The number of nitrogens with two attached hydrogens (primary N) is 1. The van der Waals surface area contributed by atoms with Gasteiger partial charge in [0.05, 0.1) is 6.54 Å². The van der Waals surface area contributed by atoms with Crippen molar-refractivity contribution in [2.75, 3.05) is 5.32 Å². The van der Waals surface area contributed by atoms with Gasteiger partial charge in [0.15, 0.2) is 0 Å². The molecule has 3 N–H and O–H groups in total. The van der Waals surface area contributed by atoms with Crippen molar-refractivity contribution in [3.63, 3.8) is 0 Å². The fourth-order valence-corrected chi connectivity index (χ4v) is 1.11. The van der Waals surface area contributed by atoms with E-state index in [0.29, 0.717) is 17.9 Å². The van der Waals surface area contributed by atoms with E-state index >= 15 is 0 Å². The van der Waals surface area contributed by atoms with Crippen LogP contribution in [0.25, 0.3) is 0 Å². The average Bonchev–Trinajstić information content (AvgIpc) is 2.52. The predicted molar refractivity (Wildman–Crippen MR) is 50.2 cm³/mol. The van der Waals surface area contributed by atoms with E-state index in [2.05, 4.69) is 29.4 Å². The Hall–Kier alpha value is -1.10. The molecule has 0 aromatic carbocycles. The Morgan fingerprint density at radius 2 is 2.31 bits per heavy atom. The maximum Gasteiger partial charge on any atom is 0.315 e. The van der Waals surface area contributed by atoms with Crippen LogP contribution in [-0.4, -0.2) is 16.2 Å². The van der Waals surface area contributed by atoms with Gasteiger partial charge in [0.2, 0.25) is 5.89 Å². The van der Waals surface area contributed by atoms with Gasteiger partial charge in [-0.1, -0.05) is 18.4 Å². The fraction of sp³-hybridized carbons (Fsp3) is 0.750. The smallest absolute Gasteiger partial charge is 0.315 e. The minimum Gasteiger partial charge on any atom is -0.407 e. The first-order valence-corrected chi connectivity index (χ1v) is 4.55. The number of aromatic nitrogens is 2. The molecule has 1 atom stereocenters. The largest absolute Gasteiger partial charge is 0.407 e. The molecule has 5 heteroatoms. The lowest BCUT2D eigenvalue weighted by Gasteiger charge is -2.08. The van der Waals surface area contributed by atoms with Crippen LogP contribution in [0.2, 0.25) is 0 Å². The second-order valence-corrected chi connectivity index (χ2v) is 3.04. The lowest BCUT2D eigenvalue weighted by molar-refractivity contribution is 0.499. The number of hydrogen-bond donors (Lipinski definition) is 2. The van der Waals surface area contributed by atoms with Crippen molar-refractivity contribution < 1.29 is 4.42 Å². The molecule has 0 radical (unpaired) electrons. The minimum atomic E-state index is 0.289. The van der Waals surface area contributed by atoms with Crippen LogP contribution in [0.1, 0.15) is 32.6 Å². The Balaban J connectivity index is 2.44. The second kappa shape index (κ2) is 4.81. The number of rotatable bonds is 5. The first-order valence-electron chi connectivity index (χ1n) is 4.55. The molecular weight excluding hydrogens is 168 g/mol. The van der Waals surface area contributed by atoms with Crippen LogP contribution in [-0.2, 0) is 6.54 Å². The van der Waals surface area contributed by atoms with Crippen molar-refractivity contribution in [1.82, 2.24) is 10.2 Å². The molecule has 5 nitrogen and oxygen atoms in total. The van der Waals surface area contributed by atoms with Crippen LogP contribution in [0.15, 0.2) is 4.42 Å². The second-order valence-electron chi connectivity index (χ2n) is 3.04. The highest BCUT2D eigenvalue weighted by Gasteiger charge is 2.06. The summed E-state index contributed by atoms with van der Waals surface area (Å²) in [4.78, 5) is 0. The summed E-state index contributed by atoms with van der Waals surface area (Å²) in [7, 11) is 0. The molecule has 0 fully saturated rings. The van der Waals surface area contributed by atoms with Crippen molar-refractivity contribution in [3.8, 4) is 0 Å². The van der Waals surface area contributed by atoms with Crippen molar-refractivity contribution in [3.05, 3.63) is 5.89 Å². The summed E-state index contributed by atoms with van der Waals surface area (Å²) in [5.41, 5.74) is 5.33. The topological polar surface area (TPSA) is 77.0 Å². The summed E-state index contributed by atoms with van der Waals surface area (Å²) >= 11 is 0. The van der Waals surface area contributed by atoms with E-state index in [1.807, 2.05) is 0 Å². The van der Waals surface area contributed by atoms with Gasteiger partial charge < -0.3 is 15.5 Å². The molecule has 1 aromatic rings. The van der Waals surface area contributed by atoms with E-state index in [9.17, 15) is 0 Å². The first kappa shape index (κ1) is 9.98. The Kier molecular flexibility index (Phi) is 3.70. The van der Waals surface area contributed by atoms with E-state index in [0.717, 1.165) is 12.8 Å². The third-order valence-corrected chi connectivity index (χ3v) is 1.73. The summed E-state index contributed by atoms with van der Waals surface area (Å²) < 4.78 is 5.19. The summed E-state index contributed by atoms with van der Waals surface area (Å²) in [6, 6.07) is 0.817. The summed E-state index contributed by atoms with van der Waals surface area (Å²) in [5, 5.41) is 10.6. The van der Waals surface area contributed by atoms with Gasteiger partial charge in [-0.3, -0.25) is 0 Å². The van der Waals surface area contributed by atoms with Gasteiger partial charge in [0.1, 0.15) is 0 Å². The molecule has 0 aliphatic heterocycles. The lowest BCUT2D eigenvalue weighted by Crippen LogP contribution is -2.14. The van der Waals surface area contributed by atoms with Crippen LogP contribution < -0.4 is 11.1 Å². The maximum atomic E-state index is 5.33. The third kappa shape index (κ3) is 3.02. The SMILES string of the molecule is CCCC(C)Nc1nnc(CN)o1. The molecule has 1 aromatic heterocycles. The van der Waals surface area contributed by atoms with Gasteiger partial charge >= 0.3 is 6.01 Å². The molecule has 0 amide bonds. The van der Waals surface area contributed by atoms with Gasteiger partial charge in [0, 0.05) is 6.04 Å². The van der Waals surface area contributed by atoms with Crippen LogP contribution in [0.3, 0.4) is 0 Å². The summed E-state index contributed by atoms with van der Waals surface area (Å²) in [6.07, 6.45) is 2.21. The standard InChI is InChI=1S/C8H16N4O/c1-3-4-6(2)10-8-12-11-7(5-9)13-8/h6H,3-5,9H2,1-2H3,(H,10,12). The van der Waals surface area contributed by atoms with Crippen molar-refractivity contribution in [2.24, 2.45) is 5.73 Å². The number of hydrogen-bond acceptors (Lipinski definition) is 5. The van der Waals surface area contributed by atoms with Crippen molar-refractivity contribution >= 4 is 6.01 Å². The number of nitrogens with zero attached hydrogens (tertiary/aromatic N) is 2. The Bertz CT molecular complexity index is 248. The predicted octanol–water partition coefficient (Wildman–Crippen LogP) is 1.13. The molecule has 1 rings (SSSR count). The first-order chi connectivity index (χ1) is 6.26. The normalized spacial score (nSPS) is 12.8. The molecule has 0 saturated heterocycles. The molecule has 1 heterocycles. The maximum absolute atomic E-state index is 5.33. The Morgan fingerprint density at radius 3 is 2.85 bits per heavy atom. The van der Waals surface area contributed by atoms with E-state index in [4.69, 9.17) is 10.2 Å². The van der Waals surface area contributed by atoms with E-state index < -0.39 is 0 Å². The average molecular weight is 184 g/mol. The number of anilines is 1. The van der Waals surface area contributed by atoms with E-state index in [1.165, 1.54) is 0 Å². The van der Waals surface area contributed by atoms with Crippen LogP contribution in [0, 0.1) is 0 Å². The molecule has 0 aliphatic rings. The molecule has 0 bridgehead atoms. The van der Waals surface area contributed by atoms with E-state index in [1.54, 1.807) is 0 Å². The monoisotopic (exact) mass is 184 g/mol. The third-order valence-electron chi connectivity index (χ3n) is 1.73. The fourth-order valence-electron chi connectivity index (χ4n) is 1.11. The molecule has 0 saturated carbocycles. The van der Waals surface area contributed by atoms with Gasteiger partial charge in [-0.05, 0) is 13.3 Å². The molecular formula is C8H16N4O. The van der Waals surface area contributed by atoms with E-state index in [-0.39, 0.29) is 6.54 Å². The highest BCUT2D eigenvalue weighted by Crippen LogP contribution is 2.08. The Morgan fingerprint density at radius 1 is 1.54 bits per heavy atom. The van der Waals surface area contributed by atoms with Crippen molar-refractivity contribution in [2.45, 2.75) is 39.3 Å². The Labute approximate surface area is 77.7 Å². The van der Waals surface area contributed by atoms with Crippen LogP contribution >= 0.6 is 0 Å². The molecule has 74 valence electrons.